The minimum absolute atomic E-state index is 0.592. The van der Waals surface area contributed by atoms with Crippen LogP contribution in [0.1, 0.15) is 12.2 Å². The molecule has 0 saturated heterocycles. The maximum Gasteiger partial charge on any atom is 0.111 e. The van der Waals surface area contributed by atoms with Crippen LogP contribution in [0.15, 0.2) is 22.7 Å². The van der Waals surface area contributed by atoms with Crippen molar-refractivity contribution in [2.24, 2.45) is 0 Å². The molecule has 2 aromatic rings. The number of hydrogen-bond donors (Lipinski definition) is 0. The molecule has 1 aromatic heterocycles. The van der Waals surface area contributed by atoms with Crippen LogP contribution in [0.4, 0.5) is 0 Å². The van der Waals surface area contributed by atoms with Crippen LogP contribution < -0.4 is 0 Å². The lowest BCUT2D eigenvalue weighted by Crippen LogP contribution is -2.06. The van der Waals surface area contributed by atoms with Crippen molar-refractivity contribution in [1.82, 2.24) is 9.55 Å². The first-order valence-corrected chi connectivity index (χ1v) is 7.28. The van der Waals surface area contributed by atoms with Gasteiger partial charge in [-0.15, -0.1) is 11.6 Å². The smallest absolute Gasteiger partial charge is 0.111 e. The molecule has 3 nitrogen and oxygen atoms in total. The number of rotatable bonds is 6. The number of hydrogen-bond acceptors (Lipinski definition) is 2. The van der Waals surface area contributed by atoms with Crippen LogP contribution in [0.25, 0.3) is 11.0 Å². The molecule has 0 aliphatic heterocycles. The van der Waals surface area contributed by atoms with Gasteiger partial charge in [-0.2, -0.15) is 0 Å². The highest BCUT2D eigenvalue weighted by molar-refractivity contribution is 9.10. The van der Waals surface area contributed by atoms with Crippen molar-refractivity contribution in [3.05, 3.63) is 28.5 Å². The Morgan fingerprint density at radius 3 is 3.00 bits per heavy atom. The highest BCUT2D eigenvalue weighted by Crippen LogP contribution is 2.22. The normalized spacial score (nSPS) is 11.3. The fourth-order valence-corrected chi connectivity index (χ4v) is 2.56. The zero-order valence-corrected chi connectivity index (χ0v) is 12.7. The second-order valence-electron chi connectivity index (χ2n) is 4.10. The summed E-state index contributed by atoms with van der Waals surface area (Å²) in [6.07, 6.45) is 1.77. The van der Waals surface area contributed by atoms with Gasteiger partial charge in [-0.25, -0.2) is 4.98 Å². The molecule has 0 N–H and O–H groups in total. The Morgan fingerprint density at radius 1 is 1.44 bits per heavy atom. The zero-order valence-electron chi connectivity index (χ0n) is 10.3. The van der Waals surface area contributed by atoms with E-state index in [-0.39, 0.29) is 0 Å². The van der Waals surface area contributed by atoms with Crippen LogP contribution in [0.2, 0.25) is 0 Å². The summed E-state index contributed by atoms with van der Waals surface area (Å²) < 4.78 is 8.41. The van der Waals surface area contributed by atoms with Crippen molar-refractivity contribution in [3.63, 3.8) is 0 Å². The molecule has 0 radical (unpaired) electrons. The van der Waals surface area contributed by atoms with Gasteiger partial charge < -0.3 is 9.30 Å². The number of fused-ring (bicyclic) bond motifs is 1. The van der Waals surface area contributed by atoms with Gasteiger partial charge in [0.25, 0.3) is 0 Å². The number of aryl methyl sites for hydroxylation is 2. The Morgan fingerprint density at radius 2 is 2.28 bits per heavy atom. The standard InChI is InChI=1S/C13H16BrClN2O/c1-18-8-2-7-17-12-9-10(14)3-4-11(12)16-13(17)5-6-15/h3-4,9H,2,5-8H2,1H3. The van der Waals surface area contributed by atoms with Gasteiger partial charge in [-0.05, 0) is 24.6 Å². The van der Waals surface area contributed by atoms with E-state index in [4.69, 9.17) is 16.3 Å². The van der Waals surface area contributed by atoms with Gasteiger partial charge in [-0.3, -0.25) is 0 Å². The van der Waals surface area contributed by atoms with E-state index in [1.54, 1.807) is 7.11 Å². The summed E-state index contributed by atoms with van der Waals surface area (Å²) >= 11 is 9.35. The van der Waals surface area contributed by atoms with Crippen molar-refractivity contribution >= 4 is 38.6 Å². The van der Waals surface area contributed by atoms with E-state index in [1.165, 1.54) is 0 Å². The lowest BCUT2D eigenvalue weighted by Gasteiger charge is -2.08. The molecule has 0 spiro atoms. The van der Waals surface area contributed by atoms with Gasteiger partial charge in [0.15, 0.2) is 0 Å². The molecule has 1 heterocycles. The van der Waals surface area contributed by atoms with Gasteiger partial charge in [0.2, 0.25) is 0 Å². The molecule has 0 aliphatic rings. The van der Waals surface area contributed by atoms with E-state index >= 15 is 0 Å². The minimum Gasteiger partial charge on any atom is -0.385 e. The summed E-state index contributed by atoms with van der Waals surface area (Å²) in [5.74, 6) is 1.64. The molecule has 0 aliphatic carbocycles. The third-order valence-electron chi connectivity index (χ3n) is 2.84. The van der Waals surface area contributed by atoms with E-state index in [9.17, 15) is 0 Å². The second kappa shape index (κ2) is 6.55. The Kier molecular flexibility index (Phi) is 5.03. The van der Waals surface area contributed by atoms with Crippen molar-refractivity contribution in [3.8, 4) is 0 Å². The molecule has 1 aromatic carbocycles. The molecular formula is C13H16BrClN2O. The first-order valence-electron chi connectivity index (χ1n) is 5.96. The van der Waals surface area contributed by atoms with Crippen molar-refractivity contribution in [1.29, 1.82) is 0 Å². The molecule has 0 atom stereocenters. The summed E-state index contributed by atoms with van der Waals surface area (Å²) in [6, 6.07) is 6.15. The number of imidazole rings is 1. The van der Waals surface area contributed by atoms with E-state index in [1.807, 2.05) is 12.1 Å². The van der Waals surface area contributed by atoms with Crippen LogP contribution >= 0.6 is 27.5 Å². The second-order valence-corrected chi connectivity index (χ2v) is 5.39. The highest BCUT2D eigenvalue weighted by Gasteiger charge is 2.10. The minimum atomic E-state index is 0.592. The van der Waals surface area contributed by atoms with Gasteiger partial charge in [0.1, 0.15) is 5.82 Å². The van der Waals surface area contributed by atoms with Gasteiger partial charge in [-0.1, -0.05) is 15.9 Å². The fraction of sp³-hybridized carbons (Fsp3) is 0.462. The summed E-state index contributed by atoms with van der Waals surface area (Å²) in [5, 5.41) is 0. The van der Waals surface area contributed by atoms with Crippen molar-refractivity contribution in [2.75, 3.05) is 19.6 Å². The van der Waals surface area contributed by atoms with Crippen LogP contribution in [0, 0.1) is 0 Å². The molecule has 0 bridgehead atoms. The van der Waals surface area contributed by atoms with E-state index < -0.39 is 0 Å². The van der Waals surface area contributed by atoms with Gasteiger partial charge in [0, 0.05) is 37.0 Å². The van der Waals surface area contributed by atoms with Crippen LogP contribution in [-0.4, -0.2) is 29.1 Å². The lowest BCUT2D eigenvalue weighted by molar-refractivity contribution is 0.190. The Balaban J connectivity index is 2.36. The summed E-state index contributed by atoms with van der Waals surface area (Å²) in [6.45, 7) is 1.67. The first-order chi connectivity index (χ1) is 8.76. The van der Waals surface area contributed by atoms with Crippen molar-refractivity contribution in [2.45, 2.75) is 19.4 Å². The predicted molar refractivity (Wildman–Crippen MR) is 78.4 cm³/mol. The third-order valence-corrected chi connectivity index (χ3v) is 3.52. The highest BCUT2D eigenvalue weighted by atomic mass is 79.9. The molecule has 0 amide bonds. The molecule has 5 heteroatoms. The summed E-state index contributed by atoms with van der Waals surface area (Å²) in [5.41, 5.74) is 2.18. The molecule has 0 saturated carbocycles. The summed E-state index contributed by atoms with van der Waals surface area (Å²) in [7, 11) is 1.72. The molecule has 98 valence electrons. The largest absolute Gasteiger partial charge is 0.385 e. The number of benzene rings is 1. The molecule has 2 rings (SSSR count). The van der Waals surface area contributed by atoms with Crippen molar-refractivity contribution < 1.29 is 4.74 Å². The van der Waals surface area contributed by atoms with E-state index in [0.29, 0.717) is 5.88 Å². The average molecular weight is 332 g/mol. The summed E-state index contributed by atoms with van der Waals surface area (Å²) in [4.78, 5) is 4.64. The van der Waals surface area contributed by atoms with Crippen LogP contribution in [-0.2, 0) is 17.7 Å². The quantitative estimate of drug-likeness (QED) is 0.597. The number of aromatic nitrogens is 2. The fourth-order valence-electron chi connectivity index (χ4n) is 2.04. The number of ether oxygens (including phenoxy) is 1. The molecular weight excluding hydrogens is 316 g/mol. The number of nitrogens with zero attached hydrogens (tertiary/aromatic N) is 2. The Labute approximate surface area is 120 Å². The Hall–Kier alpha value is -0.580. The van der Waals surface area contributed by atoms with E-state index in [0.717, 1.165) is 47.3 Å². The number of alkyl halides is 1. The van der Waals surface area contributed by atoms with Crippen LogP contribution in [0.5, 0.6) is 0 Å². The number of halogens is 2. The van der Waals surface area contributed by atoms with E-state index in [2.05, 4.69) is 31.5 Å². The Bertz CT molecular complexity index is 527. The zero-order chi connectivity index (χ0) is 13.0. The average Bonchev–Trinajstić information content (AvgIpc) is 2.68. The molecule has 0 unspecified atom stereocenters. The lowest BCUT2D eigenvalue weighted by atomic mass is 10.3. The monoisotopic (exact) mass is 330 g/mol. The van der Waals surface area contributed by atoms with Gasteiger partial charge in [0.05, 0.1) is 11.0 Å². The topological polar surface area (TPSA) is 27.1 Å². The van der Waals surface area contributed by atoms with Gasteiger partial charge >= 0.3 is 0 Å². The first kappa shape index (κ1) is 13.8. The maximum atomic E-state index is 5.84. The molecule has 18 heavy (non-hydrogen) atoms. The molecule has 0 fully saturated rings. The SMILES string of the molecule is COCCCn1c(CCCl)nc2ccc(Br)cc21. The third kappa shape index (κ3) is 3.05. The number of methoxy groups -OCH3 is 1. The predicted octanol–water partition coefficient (Wildman–Crippen LogP) is 3.62. The van der Waals surface area contributed by atoms with Crippen LogP contribution in [0.3, 0.4) is 0 Å². The maximum absolute atomic E-state index is 5.84.